The van der Waals surface area contributed by atoms with Gasteiger partial charge in [0.05, 0.1) is 25.3 Å². The molecule has 0 radical (unpaired) electrons. The Morgan fingerprint density at radius 3 is 2.54 bits per heavy atom. The number of likely N-dealkylation sites (tertiary alicyclic amines) is 1. The second kappa shape index (κ2) is 9.19. The van der Waals surface area contributed by atoms with Gasteiger partial charge in [0.2, 0.25) is 0 Å². The predicted octanol–water partition coefficient (Wildman–Crippen LogP) is 4.90. The maximum Gasteiger partial charge on any atom is 0.135 e. The number of para-hydroxylation sites is 1. The number of fused-ring (bicyclic) bond motifs is 3. The number of nitrogens with one attached hydrogen (secondary N) is 1. The van der Waals surface area contributed by atoms with Gasteiger partial charge < -0.3 is 14.5 Å². The predicted molar refractivity (Wildman–Crippen MR) is 132 cm³/mol. The lowest BCUT2D eigenvalue weighted by molar-refractivity contribution is -0.0926. The van der Waals surface area contributed by atoms with Gasteiger partial charge in [-0.25, -0.2) is 8.78 Å². The highest BCUT2D eigenvalue weighted by molar-refractivity contribution is 5.85. The zero-order valence-electron chi connectivity index (χ0n) is 20.4. The number of aromatic amines is 1. The van der Waals surface area contributed by atoms with Gasteiger partial charge in [0.15, 0.2) is 0 Å². The molecule has 3 aromatic rings. The van der Waals surface area contributed by atoms with Gasteiger partial charge in [-0.2, -0.15) is 0 Å². The van der Waals surface area contributed by atoms with Crippen molar-refractivity contribution in [2.45, 2.75) is 44.8 Å². The lowest BCUT2D eigenvalue weighted by atomic mass is 9.86. The number of ether oxygens (including phenoxy) is 2. The number of halogens is 2. The molecule has 5 nitrogen and oxygen atoms in total. The molecule has 0 bridgehead atoms. The Kier molecular flexibility index (Phi) is 6.03. The summed E-state index contributed by atoms with van der Waals surface area (Å²) in [5.74, 6) is -0.121. The fourth-order valence-electron chi connectivity index (χ4n) is 6.05. The fraction of sp³-hybridized carbons (Fsp3) is 0.500. The molecule has 1 aromatic heterocycles. The van der Waals surface area contributed by atoms with Crippen molar-refractivity contribution in [1.29, 1.82) is 0 Å². The summed E-state index contributed by atoms with van der Waals surface area (Å²) in [7, 11) is 0. The van der Waals surface area contributed by atoms with E-state index in [0.717, 1.165) is 54.1 Å². The minimum absolute atomic E-state index is 0.0807. The standard InChI is InChI=1S/C28H33F2N3O2/c1-3-18-13-32(14-18)8-9-35-20-11-23(29)26(24(30)12-20)28-27-22(21-6-4-5-7-25(21)31-27)10-17(2)33(28)19-15-34-16-19/h4-7,11-12,17-19,28,31H,3,8-10,13-16H2,1-2H3/t17-,28-/m1/s1. The molecule has 0 aliphatic carbocycles. The van der Waals surface area contributed by atoms with E-state index in [4.69, 9.17) is 9.47 Å². The number of benzene rings is 2. The van der Waals surface area contributed by atoms with Crippen molar-refractivity contribution < 1.29 is 18.3 Å². The van der Waals surface area contributed by atoms with Crippen molar-refractivity contribution >= 4 is 10.9 Å². The second-order valence-corrected chi connectivity index (χ2v) is 10.3. The van der Waals surface area contributed by atoms with Crippen LogP contribution in [0.3, 0.4) is 0 Å². The highest BCUT2D eigenvalue weighted by Gasteiger charge is 2.44. The summed E-state index contributed by atoms with van der Waals surface area (Å²) in [5.41, 5.74) is 3.11. The van der Waals surface area contributed by atoms with Gasteiger partial charge in [-0.05, 0) is 30.9 Å². The summed E-state index contributed by atoms with van der Waals surface area (Å²) in [5, 5.41) is 1.13. The summed E-state index contributed by atoms with van der Waals surface area (Å²) in [6.07, 6.45) is 2.02. The van der Waals surface area contributed by atoms with Crippen LogP contribution in [0.4, 0.5) is 8.78 Å². The van der Waals surface area contributed by atoms with Gasteiger partial charge >= 0.3 is 0 Å². The number of hydrogen-bond donors (Lipinski definition) is 1. The van der Waals surface area contributed by atoms with Gasteiger partial charge in [-0.1, -0.05) is 31.5 Å². The van der Waals surface area contributed by atoms with Crippen LogP contribution in [0.15, 0.2) is 36.4 Å². The molecule has 1 N–H and O–H groups in total. The largest absolute Gasteiger partial charge is 0.492 e. The highest BCUT2D eigenvalue weighted by atomic mass is 19.1. The van der Waals surface area contributed by atoms with Crippen LogP contribution < -0.4 is 4.74 Å². The molecule has 35 heavy (non-hydrogen) atoms. The Morgan fingerprint density at radius 2 is 1.86 bits per heavy atom. The summed E-state index contributed by atoms with van der Waals surface area (Å²) in [6, 6.07) is 10.5. The van der Waals surface area contributed by atoms with E-state index in [9.17, 15) is 0 Å². The quantitative estimate of drug-likeness (QED) is 0.521. The molecule has 0 spiro atoms. The second-order valence-electron chi connectivity index (χ2n) is 10.3. The first-order valence-electron chi connectivity index (χ1n) is 12.8. The van der Waals surface area contributed by atoms with E-state index in [1.54, 1.807) is 0 Å². The van der Waals surface area contributed by atoms with E-state index < -0.39 is 17.7 Å². The van der Waals surface area contributed by atoms with E-state index in [2.05, 4.69) is 34.7 Å². The van der Waals surface area contributed by atoms with Gasteiger partial charge in [-0.15, -0.1) is 0 Å². The van der Waals surface area contributed by atoms with Crippen molar-refractivity contribution in [2.75, 3.05) is 39.5 Å². The van der Waals surface area contributed by atoms with Crippen LogP contribution in [-0.2, 0) is 11.2 Å². The summed E-state index contributed by atoms with van der Waals surface area (Å²) in [6.45, 7) is 8.86. The van der Waals surface area contributed by atoms with Crippen LogP contribution in [-0.4, -0.2) is 66.3 Å². The first-order chi connectivity index (χ1) is 17.0. The van der Waals surface area contributed by atoms with Gasteiger partial charge in [0.1, 0.15) is 24.0 Å². The molecule has 2 saturated heterocycles. The molecule has 2 fully saturated rings. The van der Waals surface area contributed by atoms with Crippen molar-refractivity contribution in [3.8, 4) is 5.75 Å². The molecule has 186 valence electrons. The minimum Gasteiger partial charge on any atom is -0.492 e. The molecule has 0 saturated carbocycles. The Hall–Kier alpha value is -2.48. The fourth-order valence-corrected chi connectivity index (χ4v) is 6.05. The zero-order chi connectivity index (χ0) is 24.1. The molecular formula is C28H33F2N3O2. The highest BCUT2D eigenvalue weighted by Crippen LogP contribution is 2.44. The van der Waals surface area contributed by atoms with E-state index in [-0.39, 0.29) is 23.4 Å². The van der Waals surface area contributed by atoms with Gasteiger partial charge in [-0.3, -0.25) is 9.80 Å². The summed E-state index contributed by atoms with van der Waals surface area (Å²) in [4.78, 5) is 8.05. The average Bonchev–Trinajstić information content (AvgIpc) is 3.13. The molecule has 0 unspecified atom stereocenters. The van der Waals surface area contributed by atoms with Crippen LogP contribution in [0.25, 0.3) is 10.9 Å². The van der Waals surface area contributed by atoms with Crippen molar-refractivity contribution in [2.24, 2.45) is 5.92 Å². The molecule has 2 aromatic carbocycles. The average molecular weight is 482 g/mol. The van der Waals surface area contributed by atoms with Crippen LogP contribution in [0.2, 0.25) is 0 Å². The van der Waals surface area contributed by atoms with Crippen LogP contribution >= 0.6 is 0 Å². The number of H-pyrrole nitrogens is 1. The van der Waals surface area contributed by atoms with Crippen molar-refractivity contribution in [3.05, 3.63) is 64.9 Å². The van der Waals surface area contributed by atoms with Crippen molar-refractivity contribution in [1.82, 2.24) is 14.8 Å². The zero-order valence-corrected chi connectivity index (χ0v) is 20.4. The van der Waals surface area contributed by atoms with E-state index in [1.165, 1.54) is 18.6 Å². The number of nitrogens with zero attached hydrogens (tertiary/aromatic N) is 2. The molecule has 7 heteroatoms. The Labute approximate surface area is 205 Å². The number of hydrogen-bond acceptors (Lipinski definition) is 4. The summed E-state index contributed by atoms with van der Waals surface area (Å²) < 4.78 is 42.6. The lowest BCUT2D eigenvalue weighted by Gasteiger charge is -2.48. The third kappa shape index (κ3) is 4.03. The monoisotopic (exact) mass is 481 g/mol. The van der Waals surface area contributed by atoms with Crippen LogP contribution in [0, 0.1) is 17.6 Å². The minimum atomic E-state index is -0.566. The molecule has 0 amide bonds. The maximum absolute atomic E-state index is 15.7. The molecule has 4 heterocycles. The lowest BCUT2D eigenvalue weighted by Crippen LogP contribution is -2.56. The molecule has 6 rings (SSSR count). The molecule has 2 atom stereocenters. The number of rotatable bonds is 7. The van der Waals surface area contributed by atoms with E-state index in [1.807, 2.05) is 18.2 Å². The maximum atomic E-state index is 15.7. The number of aromatic nitrogens is 1. The summed E-state index contributed by atoms with van der Waals surface area (Å²) >= 11 is 0. The Morgan fingerprint density at radius 1 is 1.11 bits per heavy atom. The van der Waals surface area contributed by atoms with Crippen molar-refractivity contribution in [3.63, 3.8) is 0 Å². The van der Waals surface area contributed by atoms with E-state index >= 15 is 8.78 Å². The van der Waals surface area contributed by atoms with Crippen LogP contribution in [0.1, 0.15) is 43.1 Å². The van der Waals surface area contributed by atoms with E-state index in [0.29, 0.717) is 19.8 Å². The normalized spacial score (nSPS) is 23.8. The molecule has 3 aliphatic heterocycles. The third-order valence-electron chi connectivity index (χ3n) is 8.08. The third-order valence-corrected chi connectivity index (χ3v) is 8.08. The first kappa shape index (κ1) is 23.0. The smallest absolute Gasteiger partial charge is 0.135 e. The van der Waals surface area contributed by atoms with Gasteiger partial charge in [0.25, 0.3) is 0 Å². The topological polar surface area (TPSA) is 40.7 Å². The Bertz CT molecular complexity index is 1200. The van der Waals surface area contributed by atoms with Crippen LogP contribution in [0.5, 0.6) is 5.75 Å². The first-order valence-corrected chi connectivity index (χ1v) is 12.8. The molecular weight excluding hydrogens is 448 g/mol. The Balaban J connectivity index is 1.31. The molecule has 3 aliphatic rings. The SMILES string of the molecule is CCC1CN(CCOc2cc(F)c([C@@H]3c4[nH]c5ccccc5c4C[C@@H](C)N3C3COC3)c(F)c2)C1. The van der Waals surface area contributed by atoms with Gasteiger partial charge in [0, 0.05) is 60.0 Å².